The minimum Gasteiger partial charge on any atom is -0.517 e. The van der Waals surface area contributed by atoms with Gasteiger partial charge in [-0.25, -0.2) is 0 Å². The van der Waals surface area contributed by atoms with Gasteiger partial charge >= 0.3 is 7.12 Å². The summed E-state index contributed by atoms with van der Waals surface area (Å²) in [6.45, 7) is 0. The number of ether oxygens (including phenoxy) is 1. The molecule has 0 aliphatic carbocycles. The van der Waals surface area contributed by atoms with E-state index in [4.69, 9.17) is 18.5 Å². The molecule has 5 heteroatoms. The molecular formula is C11H9BO4. The zero-order valence-electron chi connectivity index (χ0n) is 8.67. The largest absolute Gasteiger partial charge is 0.671 e. The van der Waals surface area contributed by atoms with E-state index in [-0.39, 0.29) is 0 Å². The molecule has 2 heterocycles. The highest BCUT2D eigenvalue weighted by Gasteiger charge is 2.37. The van der Waals surface area contributed by atoms with Crippen LogP contribution in [0, 0.1) is 0 Å². The van der Waals surface area contributed by atoms with Crippen molar-refractivity contribution in [1.29, 1.82) is 0 Å². The van der Waals surface area contributed by atoms with E-state index in [1.165, 1.54) is 0 Å². The molecular weight excluding hydrogens is 207 g/mol. The van der Waals surface area contributed by atoms with Crippen molar-refractivity contribution in [2.75, 3.05) is 7.11 Å². The van der Waals surface area contributed by atoms with E-state index < -0.39 is 7.12 Å². The summed E-state index contributed by atoms with van der Waals surface area (Å²) in [6.07, 6.45) is 0. The first-order valence-electron chi connectivity index (χ1n) is 4.93. The zero-order chi connectivity index (χ0) is 11.0. The molecule has 16 heavy (non-hydrogen) atoms. The van der Waals surface area contributed by atoms with E-state index in [1.807, 2.05) is 24.3 Å². The molecule has 0 N–H and O–H groups in total. The zero-order valence-corrected chi connectivity index (χ0v) is 8.67. The minimum absolute atomic E-state index is 0.443. The highest BCUT2D eigenvalue weighted by Crippen LogP contribution is 2.32. The predicted molar refractivity (Wildman–Crippen MR) is 58.3 cm³/mol. The Morgan fingerprint density at radius 3 is 2.25 bits per heavy atom. The molecule has 1 aliphatic rings. The second-order valence-corrected chi connectivity index (χ2v) is 3.38. The van der Waals surface area contributed by atoms with Crippen LogP contribution >= 0.6 is 0 Å². The molecule has 1 aromatic heterocycles. The molecule has 1 aliphatic heterocycles. The molecule has 0 saturated carbocycles. The van der Waals surface area contributed by atoms with Crippen molar-refractivity contribution in [1.82, 2.24) is 0 Å². The van der Waals surface area contributed by atoms with Crippen LogP contribution in [0.5, 0.6) is 17.4 Å². The number of para-hydroxylation sites is 2. The fraction of sp³-hybridized carbons (Fsp3) is 0.0909. The van der Waals surface area contributed by atoms with Gasteiger partial charge in [0.2, 0.25) is 0 Å². The van der Waals surface area contributed by atoms with E-state index in [2.05, 4.69) is 0 Å². The molecule has 0 radical (unpaired) electrons. The first kappa shape index (κ1) is 9.21. The van der Waals surface area contributed by atoms with Crippen LogP contribution in [0.4, 0.5) is 0 Å². The van der Waals surface area contributed by atoms with Gasteiger partial charge < -0.3 is 18.5 Å². The number of furan rings is 1. The minimum atomic E-state index is -0.527. The lowest BCUT2D eigenvalue weighted by atomic mass is 9.87. The topological polar surface area (TPSA) is 40.8 Å². The Morgan fingerprint density at radius 1 is 1.00 bits per heavy atom. The van der Waals surface area contributed by atoms with Crippen LogP contribution in [-0.2, 0) is 0 Å². The third-order valence-electron chi connectivity index (χ3n) is 2.35. The summed E-state index contributed by atoms with van der Waals surface area (Å²) in [5.41, 5.74) is 0.591. The Labute approximate surface area is 92.9 Å². The van der Waals surface area contributed by atoms with Crippen LogP contribution in [0.15, 0.2) is 40.8 Å². The fourth-order valence-corrected chi connectivity index (χ4v) is 1.59. The van der Waals surface area contributed by atoms with Gasteiger partial charge in [-0.15, -0.1) is 0 Å². The van der Waals surface area contributed by atoms with Crippen LogP contribution < -0.4 is 19.7 Å². The summed E-state index contributed by atoms with van der Waals surface area (Å²) in [4.78, 5) is 0. The highest BCUT2D eigenvalue weighted by atomic mass is 16.6. The standard InChI is InChI=1S/C11H9BO4/c1-13-11-7-6-10(14-11)12-15-8-4-2-3-5-9(8)16-12/h2-7H,1H3. The van der Waals surface area contributed by atoms with Gasteiger partial charge in [-0.1, -0.05) is 12.1 Å². The van der Waals surface area contributed by atoms with E-state index in [0.29, 0.717) is 11.6 Å². The number of benzene rings is 1. The quantitative estimate of drug-likeness (QED) is 0.712. The molecule has 0 unspecified atom stereocenters. The molecule has 1 aromatic carbocycles. The van der Waals surface area contributed by atoms with Crippen molar-refractivity contribution < 1.29 is 18.5 Å². The first-order chi connectivity index (χ1) is 7.86. The van der Waals surface area contributed by atoms with Gasteiger partial charge in [0.15, 0.2) is 5.66 Å². The van der Waals surface area contributed by atoms with Gasteiger partial charge in [0.05, 0.1) is 7.11 Å². The second-order valence-electron chi connectivity index (χ2n) is 3.38. The van der Waals surface area contributed by atoms with Gasteiger partial charge in [-0.3, -0.25) is 0 Å². The third kappa shape index (κ3) is 1.41. The fourth-order valence-electron chi connectivity index (χ4n) is 1.59. The first-order valence-corrected chi connectivity index (χ1v) is 4.93. The summed E-state index contributed by atoms with van der Waals surface area (Å²) in [5.74, 6) is 1.89. The van der Waals surface area contributed by atoms with E-state index >= 15 is 0 Å². The molecule has 0 bridgehead atoms. The van der Waals surface area contributed by atoms with Crippen LogP contribution in [-0.4, -0.2) is 14.2 Å². The van der Waals surface area contributed by atoms with Crippen molar-refractivity contribution in [3.05, 3.63) is 36.4 Å². The molecule has 80 valence electrons. The average Bonchev–Trinajstić information content (AvgIpc) is 2.95. The number of methoxy groups -OCH3 is 1. The van der Waals surface area contributed by atoms with Gasteiger partial charge in [0, 0.05) is 6.07 Å². The molecule has 4 nitrogen and oxygen atoms in total. The summed E-state index contributed by atoms with van der Waals surface area (Å²) < 4.78 is 21.5. The maximum Gasteiger partial charge on any atom is 0.671 e. The van der Waals surface area contributed by atoms with Crippen molar-refractivity contribution >= 4 is 12.8 Å². The van der Waals surface area contributed by atoms with E-state index in [0.717, 1.165) is 11.5 Å². The summed E-state index contributed by atoms with van der Waals surface area (Å²) in [6, 6.07) is 11.0. The molecule has 3 rings (SSSR count). The van der Waals surface area contributed by atoms with Crippen LogP contribution in [0.1, 0.15) is 0 Å². The Balaban J connectivity index is 1.85. The van der Waals surface area contributed by atoms with Gasteiger partial charge in [-0.2, -0.15) is 0 Å². The lowest BCUT2D eigenvalue weighted by Crippen LogP contribution is -2.37. The van der Waals surface area contributed by atoms with Gasteiger partial charge in [-0.05, 0) is 18.2 Å². The summed E-state index contributed by atoms with van der Waals surface area (Å²) in [7, 11) is 1.02. The second kappa shape index (κ2) is 3.52. The normalized spacial score (nSPS) is 12.9. The molecule has 0 atom stereocenters. The maximum atomic E-state index is 5.58. The molecule has 0 saturated heterocycles. The predicted octanol–water partition coefficient (Wildman–Crippen LogP) is 1.45. The molecule has 0 spiro atoms. The Kier molecular flexibility index (Phi) is 2.03. The van der Waals surface area contributed by atoms with Crippen molar-refractivity contribution in [2.24, 2.45) is 0 Å². The Morgan fingerprint density at radius 2 is 1.69 bits per heavy atom. The van der Waals surface area contributed by atoms with Gasteiger partial charge in [0.25, 0.3) is 5.95 Å². The lowest BCUT2D eigenvalue weighted by Gasteiger charge is -2.00. The van der Waals surface area contributed by atoms with Crippen molar-refractivity contribution in [3.63, 3.8) is 0 Å². The Hall–Kier alpha value is -2.04. The summed E-state index contributed by atoms with van der Waals surface area (Å²) >= 11 is 0. The summed E-state index contributed by atoms with van der Waals surface area (Å²) in [5, 5.41) is 0. The SMILES string of the molecule is COc1ccc(B2Oc3ccccc3O2)o1. The highest BCUT2D eigenvalue weighted by molar-refractivity contribution is 6.62. The van der Waals surface area contributed by atoms with Crippen molar-refractivity contribution in [3.8, 4) is 17.4 Å². The molecule has 0 fully saturated rings. The van der Waals surface area contributed by atoms with E-state index in [1.54, 1.807) is 19.2 Å². The van der Waals surface area contributed by atoms with Crippen molar-refractivity contribution in [2.45, 2.75) is 0 Å². The van der Waals surface area contributed by atoms with Gasteiger partial charge in [0.1, 0.15) is 11.5 Å². The monoisotopic (exact) mass is 216 g/mol. The third-order valence-corrected chi connectivity index (χ3v) is 2.35. The Bertz CT molecular complexity index is 483. The number of hydrogen-bond acceptors (Lipinski definition) is 4. The molecule has 0 amide bonds. The maximum absolute atomic E-state index is 5.58. The van der Waals surface area contributed by atoms with Crippen LogP contribution in [0.3, 0.4) is 0 Å². The number of fused-ring (bicyclic) bond motifs is 1. The average molecular weight is 216 g/mol. The lowest BCUT2D eigenvalue weighted by molar-refractivity contribution is 0.309. The number of hydrogen-bond donors (Lipinski definition) is 0. The number of rotatable bonds is 2. The smallest absolute Gasteiger partial charge is 0.517 e. The molecule has 2 aromatic rings. The van der Waals surface area contributed by atoms with Crippen LogP contribution in [0.2, 0.25) is 0 Å². The van der Waals surface area contributed by atoms with Crippen LogP contribution in [0.25, 0.3) is 0 Å². The van der Waals surface area contributed by atoms with E-state index in [9.17, 15) is 0 Å².